The smallest absolute Gasteiger partial charge is 0.248 e. The number of nitrogens with zero attached hydrogens (tertiary/aromatic N) is 2. The zero-order valence-corrected chi connectivity index (χ0v) is 21.9. The fourth-order valence-electron chi connectivity index (χ4n) is 3.71. The first-order valence-electron chi connectivity index (χ1n) is 13.4. The summed E-state index contributed by atoms with van der Waals surface area (Å²) in [7, 11) is 0. The predicted octanol–water partition coefficient (Wildman–Crippen LogP) is 7.82. The third-order valence-electron chi connectivity index (χ3n) is 5.81. The van der Waals surface area contributed by atoms with Crippen molar-refractivity contribution in [2.24, 2.45) is 0 Å². The number of benzene rings is 2. The van der Waals surface area contributed by atoms with E-state index in [1.807, 2.05) is 12.1 Å². The van der Waals surface area contributed by atoms with E-state index >= 15 is 0 Å². The molecule has 3 aromatic rings. The van der Waals surface area contributed by atoms with Gasteiger partial charge in [-0.05, 0) is 55.7 Å². The number of ether oxygens (including phenoxy) is 3. The van der Waals surface area contributed by atoms with Gasteiger partial charge in [-0.15, -0.1) is 10.2 Å². The van der Waals surface area contributed by atoms with E-state index in [4.69, 9.17) is 18.6 Å². The van der Waals surface area contributed by atoms with E-state index in [2.05, 4.69) is 31.0 Å². The van der Waals surface area contributed by atoms with E-state index < -0.39 is 0 Å². The maximum atomic E-state index is 9.57. The topological polar surface area (TPSA) is 86.8 Å². The third kappa shape index (κ3) is 8.18. The highest BCUT2D eigenvalue weighted by molar-refractivity contribution is 5.66. The normalized spacial score (nSPS) is 11.0. The minimum Gasteiger partial charge on any atom is -0.508 e. The van der Waals surface area contributed by atoms with Gasteiger partial charge in [0, 0.05) is 11.1 Å². The minimum atomic E-state index is 0.183. The number of rotatable bonds is 17. The lowest BCUT2D eigenvalue weighted by Gasteiger charge is -2.18. The summed E-state index contributed by atoms with van der Waals surface area (Å²) < 4.78 is 24.6. The van der Waals surface area contributed by atoms with Crippen LogP contribution < -0.4 is 14.2 Å². The van der Waals surface area contributed by atoms with Gasteiger partial charge in [-0.2, -0.15) is 0 Å². The van der Waals surface area contributed by atoms with Gasteiger partial charge >= 0.3 is 0 Å². The monoisotopic (exact) mass is 496 g/mol. The highest BCUT2D eigenvalue weighted by Crippen LogP contribution is 2.42. The van der Waals surface area contributed by atoms with Crippen LogP contribution in [0.4, 0.5) is 0 Å². The van der Waals surface area contributed by atoms with E-state index in [0.29, 0.717) is 54.4 Å². The van der Waals surface area contributed by atoms with Gasteiger partial charge in [-0.1, -0.05) is 59.3 Å². The van der Waals surface area contributed by atoms with Crippen molar-refractivity contribution in [3.8, 4) is 45.9 Å². The van der Waals surface area contributed by atoms with Gasteiger partial charge in [0.2, 0.25) is 17.5 Å². The zero-order valence-electron chi connectivity index (χ0n) is 21.9. The molecular formula is C29H40N2O5. The summed E-state index contributed by atoms with van der Waals surface area (Å²) in [6.45, 7) is 8.32. The molecule has 0 spiro atoms. The number of aromatic nitrogens is 2. The molecular weight excluding hydrogens is 456 g/mol. The molecule has 0 atom stereocenters. The van der Waals surface area contributed by atoms with Gasteiger partial charge in [-0.25, -0.2) is 0 Å². The molecule has 1 heterocycles. The number of hydrogen-bond acceptors (Lipinski definition) is 7. The molecule has 0 amide bonds. The summed E-state index contributed by atoms with van der Waals surface area (Å²) in [4.78, 5) is 0. The lowest BCUT2D eigenvalue weighted by Crippen LogP contribution is -2.06. The first-order chi connectivity index (χ1) is 17.7. The second-order valence-corrected chi connectivity index (χ2v) is 8.93. The molecule has 7 heteroatoms. The molecule has 1 N–H and O–H groups in total. The lowest BCUT2D eigenvalue weighted by molar-refractivity contribution is 0.235. The Hall–Kier alpha value is -3.22. The van der Waals surface area contributed by atoms with E-state index in [1.54, 1.807) is 24.3 Å². The number of aromatic hydroxyl groups is 1. The van der Waals surface area contributed by atoms with Crippen LogP contribution in [-0.2, 0) is 0 Å². The second-order valence-electron chi connectivity index (χ2n) is 8.93. The largest absolute Gasteiger partial charge is 0.508 e. The lowest BCUT2D eigenvalue weighted by atomic mass is 10.1. The molecule has 1 aromatic heterocycles. The summed E-state index contributed by atoms with van der Waals surface area (Å²) >= 11 is 0. The Morgan fingerprint density at radius 3 is 1.61 bits per heavy atom. The average Bonchev–Trinajstić information content (AvgIpc) is 3.38. The van der Waals surface area contributed by atoms with Crippen LogP contribution in [0, 0.1) is 0 Å². The standard InChI is InChI=1S/C29H40N2O5/c1-4-7-10-17-33-25-20-23(29-31-30-28(36-29)22-13-15-24(32)16-14-22)21-26(34-18-11-8-5-2)27(25)35-19-12-9-6-3/h13-16,20-21,32H,4-12,17-19H2,1-3H3. The van der Waals surface area contributed by atoms with Crippen LogP contribution >= 0.6 is 0 Å². The van der Waals surface area contributed by atoms with Gasteiger partial charge in [0.1, 0.15) is 5.75 Å². The molecule has 7 nitrogen and oxygen atoms in total. The molecule has 196 valence electrons. The van der Waals surface area contributed by atoms with Crippen LogP contribution in [0.25, 0.3) is 22.9 Å². The van der Waals surface area contributed by atoms with Crippen molar-refractivity contribution in [2.45, 2.75) is 78.6 Å². The highest BCUT2D eigenvalue weighted by atomic mass is 16.5. The first-order valence-corrected chi connectivity index (χ1v) is 13.4. The molecule has 0 aliphatic heterocycles. The molecule has 0 aliphatic rings. The molecule has 3 rings (SSSR count). The molecule has 36 heavy (non-hydrogen) atoms. The van der Waals surface area contributed by atoms with E-state index in [9.17, 15) is 5.11 Å². The van der Waals surface area contributed by atoms with Crippen molar-refractivity contribution in [2.75, 3.05) is 19.8 Å². The number of hydrogen-bond donors (Lipinski definition) is 1. The molecule has 0 aliphatic carbocycles. The van der Waals surface area contributed by atoms with Crippen LogP contribution in [0.2, 0.25) is 0 Å². The Balaban J connectivity index is 1.92. The van der Waals surface area contributed by atoms with Crippen LogP contribution in [0.3, 0.4) is 0 Å². The van der Waals surface area contributed by atoms with E-state index in [1.165, 1.54) is 0 Å². The number of unbranched alkanes of at least 4 members (excludes halogenated alkanes) is 6. The van der Waals surface area contributed by atoms with Crippen molar-refractivity contribution in [3.05, 3.63) is 36.4 Å². The Morgan fingerprint density at radius 2 is 1.11 bits per heavy atom. The minimum absolute atomic E-state index is 0.183. The summed E-state index contributed by atoms with van der Waals surface area (Å²) in [5, 5.41) is 18.0. The maximum Gasteiger partial charge on any atom is 0.248 e. The van der Waals surface area contributed by atoms with E-state index in [0.717, 1.165) is 63.4 Å². The van der Waals surface area contributed by atoms with Crippen molar-refractivity contribution in [1.82, 2.24) is 10.2 Å². The average molecular weight is 497 g/mol. The van der Waals surface area contributed by atoms with Crippen molar-refractivity contribution >= 4 is 0 Å². The SMILES string of the molecule is CCCCCOc1cc(-c2nnc(-c3ccc(O)cc3)o2)cc(OCCCCC)c1OCCCCC. The summed E-state index contributed by atoms with van der Waals surface area (Å²) in [6, 6.07) is 10.5. The summed E-state index contributed by atoms with van der Waals surface area (Å²) in [5.41, 5.74) is 1.44. The summed E-state index contributed by atoms with van der Waals surface area (Å²) in [5.74, 6) is 2.84. The molecule has 2 aromatic carbocycles. The fourth-order valence-corrected chi connectivity index (χ4v) is 3.71. The molecule has 0 radical (unpaired) electrons. The molecule has 0 unspecified atom stereocenters. The number of phenols is 1. The van der Waals surface area contributed by atoms with Gasteiger partial charge in [-0.3, -0.25) is 0 Å². The zero-order chi connectivity index (χ0) is 25.6. The van der Waals surface area contributed by atoms with Crippen LogP contribution in [0.1, 0.15) is 78.6 Å². The Kier molecular flexibility index (Phi) is 11.4. The molecule has 0 saturated heterocycles. The molecule has 0 saturated carbocycles. The summed E-state index contributed by atoms with van der Waals surface area (Å²) in [6.07, 6.45) is 9.60. The van der Waals surface area contributed by atoms with Gasteiger partial charge in [0.05, 0.1) is 19.8 Å². The molecule has 0 fully saturated rings. The quantitative estimate of drug-likeness (QED) is 0.191. The second kappa shape index (κ2) is 15.0. The van der Waals surface area contributed by atoms with Crippen LogP contribution in [-0.4, -0.2) is 35.1 Å². The first kappa shape index (κ1) is 27.4. The Morgan fingerprint density at radius 1 is 0.639 bits per heavy atom. The molecule has 0 bridgehead atoms. The van der Waals surface area contributed by atoms with Crippen molar-refractivity contribution in [1.29, 1.82) is 0 Å². The van der Waals surface area contributed by atoms with Crippen LogP contribution in [0.5, 0.6) is 23.0 Å². The van der Waals surface area contributed by atoms with Crippen molar-refractivity contribution in [3.63, 3.8) is 0 Å². The van der Waals surface area contributed by atoms with Crippen LogP contribution in [0.15, 0.2) is 40.8 Å². The Labute approximate surface area is 214 Å². The fraction of sp³-hybridized carbons (Fsp3) is 0.517. The maximum absolute atomic E-state index is 9.57. The Bertz CT molecular complexity index is 999. The van der Waals surface area contributed by atoms with E-state index in [-0.39, 0.29) is 5.75 Å². The van der Waals surface area contributed by atoms with Gasteiger partial charge in [0.15, 0.2) is 11.5 Å². The number of phenolic OH excluding ortho intramolecular Hbond substituents is 1. The van der Waals surface area contributed by atoms with Gasteiger partial charge in [0.25, 0.3) is 0 Å². The van der Waals surface area contributed by atoms with Crippen molar-refractivity contribution < 1.29 is 23.7 Å². The third-order valence-corrected chi connectivity index (χ3v) is 5.81. The van der Waals surface area contributed by atoms with Gasteiger partial charge < -0.3 is 23.7 Å². The predicted molar refractivity (Wildman–Crippen MR) is 142 cm³/mol. The highest BCUT2D eigenvalue weighted by Gasteiger charge is 2.20.